The monoisotopic (exact) mass is 363 g/mol. The number of halogens is 2. The Hall–Kier alpha value is -1.98. The zero-order chi connectivity index (χ0) is 17.3. The van der Waals surface area contributed by atoms with Crippen molar-refractivity contribution in [3.63, 3.8) is 0 Å². The van der Waals surface area contributed by atoms with E-state index in [1.165, 1.54) is 0 Å². The molecule has 0 radical (unpaired) electrons. The average Bonchev–Trinajstić information content (AvgIpc) is 3.11. The highest BCUT2D eigenvalue weighted by molar-refractivity contribution is 6.32. The maximum absolute atomic E-state index is 6.33. The van der Waals surface area contributed by atoms with Gasteiger partial charge in [0.2, 0.25) is 0 Å². The zero-order valence-electron chi connectivity index (χ0n) is 13.8. The van der Waals surface area contributed by atoms with Crippen LogP contribution in [-0.4, -0.2) is 19.3 Å². The van der Waals surface area contributed by atoms with Gasteiger partial charge in [-0.15, -0.1) is 0 Å². The van der Waals surface area contributed by atoms with Crippen LogP contribution in [0.15, 0.2) is 36.7 Å². The SMILES string of the molecule is CC(C)c1c(NCc2ncc(Cl)n2C)cnn1-c1ccccc1Cl. The van der Waals surface area contributed by atoms with Gasteiger partial charge in [-0.05, 0) is 18.1 Å². The van der Waals surface area contributed by atoms with Crippen LogP contribution >= 0.6 is 23.2 Å². The lowest BCUT2D eigenvalue weighted by atomic mass is 10.1. The second kappa shape index (κ2) is 6.87. The standard InChI is InChI=1S/C17H19Cl2N5/c1-11(2)17-13(20-10-16-21-9-15(19)23(16)3)8-22-24(17)14-7-5-4-6-12(14)18/h4-9,11,20H,10H2,1-3H3. The van der Waals surface area contributed by atoms with E-state index in [-0.39, 0.29) is 5.92 Å². The molecule has 2 aromatic heterocycles. The Kier molecular flexibility index (Phi) is 4.83. The summed E-state index contributed by atoms with van der Waals surface area (Å²) >= 11 is 12.4. The molecule has 3 rings (SSSR count). The summed E-state index contributed by atoms with van der Waals surface area (Å²) in [5.74, 6) is 1.14. The molecule has 7 heteroatoms. The zero-order valence-corrected chi connectivity index (χ0v) is 15.3. The fourth-order valence-corrected chi connectivity index (χ4v) is 2.99. The van der Waals surface area contributed by atoms with Gasteiger partial charge in [0.25, 0.3) is 0 Å². The van der Waals surface area contributed by atoms with E-state index in [4.69, 9.17) is 23.2 Å². The Bertz CT molecular complexity index is 851. The van der Waals surface area contributed by atoms with Gasteiger partial charge in [-0.1, -0.05) is 49.2 Å². The first-order valence-corrected chi connectivity index (χ1v) is 8.47. The topological polar surface area (TPSA) is 47.7 Å². The smallest absolute Gasteiger partial charge is 0.128 e. The summed E-state index contributed by atoms with van der Waals surface area (Å²) in [7, 11) is 1.89. The van der Waals surface area contributed by atoms with Crippen molar-refractivity contribution in [1.29, 1.82) is 0 Å². The second-order valence-electron chi connectivity index (χ2n) is 5.87. The molecule has 0 spiro atoms. The third-order valence-corrected chi connectivity index (χ3v) is 4.57. The number of benzene rings is 1. The van der Waals surface area contributed by atoms with Crippen LogP contribution in [0.25, 0.3) is 5.69 Å². The van der Waals surface area contributed by atoms with Gasteiger partial charge in [0.05, 0.1) is 41.0 Å². The highest BCUT2D eigenvalue weighted by atomic mass is 35.5. The van der Waals surface area contributed by atoms with E-state index in [2.05, 4.69) is 29.2 Å². The number of hydrogen-bond acceptors (Lipinski definition) is 3. The minimum Gasteiger partial charge on any atom is -0.375 e. The lowest BCUT2D eigenvalue weighted by Crippen LogP contribution is -2.09. The van der Waals surface area contributed by atoms with Gasteiger partial charge in [-0.2, -0.15) is 5.10 Å². The Labute approximate surface area is 151 Å². The fraction of sp³-hybridized carbons (Fsp3) is 0.294. The van der Waals surface area contributed by atoms with Gasteiger partial charge in [0.1, 0.15) is 11.0 Å². The molecule has 0 bridgehead atoms. The van der Waals surface area contributed by atoms with Crippen LogP contribution in [0.2, 0.25) is 10.2 Å². The fourth-order valence-electron chi connectivity index (χ4n) is 2.63. The number of imidazole rings is 1. The van der Waals surface area contributed by atoms with Gasteiger partial charge in [-0.3, -0.25) is 0 Å². The van der Waals surface area contributed by atoms with Crippen molar-refractivity contribution in [3.8, 4) is 5.69 Å². The summed E-state index contributed by atoms with van der Waals surface area (Å²) in [6, 6.07) is 7.69. The Balaban J connectivity index is 1.92. The van der Waals surface area contributed by atoms with E-state index in [0.29, 0.717) is 16.7 Å². The Morgan fingerprint density at radius 1 is 1.17 bits per heavy atom. The van der Waals surface area contributed by atoms with Crippen molar-refractivity contribution in [3.05, 3.63) is 58.4 Å². The first-order valence-electron chi connectivity index (χ1n) is 7.71. The van der Waals surface area contributed by atoms with Crippen molar-refractivity contribution >= 4 is 28.9 Å². The normalized spacial score (nSPS) is 11.2. The van der Waals surface area contributed by atoms with Crippen molar-refractivity contribution in [1.82, 2.24) is 19.3 Å². The molecule has 0 atom stereocenters. The lowest BCUT2D eigenvalue weighted by molar-refractivity contribution is 0.733. The number of hydrogen-bond donors (Lipinski definition) is 1. The Morgan fingerprint density at radius 2 is 1.92 bits per heavy atom. The van der Waals surface area contributed by atoms with Gasteiger partial charge in [-0.25, -0.2) is 9.67 Å². The van der Waals surface area contributed by atoms with Crippen LogP contribution in [0.5, 0.6) is 0 Å². The van der Waals surface area contributed by atoms with Gasteiger partial charge < -0.3 is 9.88 Å². The molecule has 0 aliphatic rings. The lowest BCUT2D eigenvalue weighted by Gasteiger charge is -2.14. The quantitative estimate of drug-likeness (QED) is 0.717. The third-order valence-electron chi connectivity index (χ3n) is 3.90. The number of nitrogens with zero attached hydrogens (tertiary/aromatic N) is 4. The van der Waals surface area contributed by atoms with Crippen molar-refractivity contribution < 1.29 is 0 Å². The number of para-hydroxylation sites is 1. The van der Waals surface area contributed by atoms with Crippen LogP contribution in [0, 0.1) is 0 Å². The van der Waals surface area contributed by atoms with E-state index in [9.17, 15) is 0 Å². The molecule has 1 N–H and O–H groups in total. The minimum atomic E-state index is 0.274. The average molecular weight is 364 g/mol. The van der Waals surface area contributed by atoms with Crippen LogP contribution in [0.1, 0.15) is 31.3 Å². The Morgan fingerprint density at radius 3 is 2.54 bits per heavy atom. The van der Waals surface area contributed by atoms with Crippen molar-refractivity contribution in [2.45, 2.75) is 26.3 Å². The molecule has 0 unspecified atom stereocenters. The van der Waals surface area contributed by atoms with Crippen molar-refractivity contribution in [2.24, 2.45) is 7.05 Å². The molecule has 0 saturated carbocycles. The summed E-state index contributed by atoms with van der Waals surface area (Å²) in [4.78, 5) is 4.30. The minimum absolute atomic E-state index is 0.274. The molecule has 0 saturated heterocycles. The first-order chi connectivity index (χ1) is 11.5. The molecule has 2 heterocycles. The molecular weight excluding hydrogens is 345 g/mol. The maximum atomic E-state index is 6.33. The molecule has 0 aliphatic carbocycles. The van der Waals surface area contributed by atoms with E-state index >= 15 is 0 Å². The van der Waals surface area contributed by atoms with Gasteiger partial charge in [0.15, 0.2) is 0 Å². The van der Waals surface area contributed by atoms with Gasteiger partial charge in [0, 0.05) is 7.05 Å². The second-order valence-corrected chi connectivity index (χ2v) is 6.67. The summed E-state index contributed by atoms with van der Waals surface area (Å²) in [6.07, 6.45) is 3.47. The summed E-state index contributed by atoms with van der Waals surface area (Å²) in [5, 5.41) is 9.22. The highest BCUT2D eigenvalue weighted by Gasteiger charge is 2.17. The number of aromatic nitrogens is 4. The largest absolute Gasteiger partial charge is 0.375 e. The molecule has 5 nitrogen and oxygen atoms in total. The molecule has 0 fully saturated rings. The molecule has 1 aromatic carbocycles. The molecule has 0 aliphatic heterocycles. The van der Waals surface area contributed by atoms with Crippen molar-refractivity contribution in [2.75, 3.05) is 5.32 Å². The summed E-state index contributed by atoms with van der Waals surface area (Å²) in [5.41, 5.74) is 2.91. The molecular formula is C17H19Cl2N5. The number of anilines is 1. The van der Waals surface area contributed by atoms with Crippen LogP contribution in [0.3, 0.4) is 0 Å². The third kappa shape index (κ3) is 3.14. The summed E-state index contributed by atoms with van der Waals surface area (Å²) < 4.78 is 3.74. The molecule has 0 amide bonds. The van der Waals surface area contributed by atoms with Crippen LogP contribution in [-0.2, 0) is 13.6 Å². The summed E-state index contributed by atoms with van der Waals surface area (Å²) in [6.45, 7) is 4.83. The number of rotatable bonds is 5. The maximum Gasteiger partial charge on any atom is 0.128 e. The molecule has 24 heavy (non-hydrogen) atoms. The van der Waals surface area contributed by atoms with E-state index in [0.717, 1.165) is 22.9 Å². The van der Waals surface area contributed by atoms with Gasteiger partial charge >= 0.3 is 0 Å². The first kappa shape index (κ1) is 16.9. The molecule has 126 valence electrons. The predicted octanol–water partition coefficient (Wildman–Crippen LogP) is 4.65. The van der Waals surface area contributed by atoms with Crippen LogP contribution in [0.4, 0.5) is 5.69 Å². The van der Waals surface area contributed by atoms with E-state index in [1.807, 2.05) is 46.8 Å². The highest BCUT2D eigenvalue weighted by Crippen LogP contribution is 2.30. The van der Waals surface area contributed by atoms with Crippen LogP contribution < -0.4 is 5.32 Å². The molecule has 3 aromatic rings. The van der Waals surface area contributed by atoms with E-state index in [1.54, 1.807) is 6.20 Å². The van der Waals surface area contributed by atoms with E-state index < -0.39 is 0 Å². The predicted molar refractivity (Wildman–Crippen MR) is 98.2 cm³/mol. The number of nitrogens with one attached hydrogen (secondary N) is 1.